The summed E-state index contributed by atoms with van der Waals surface area (Å²) in [5, 5.41) is 19.8. The number of fused-ring (bicyclic) bond motifs is 7. The highest BCUT2D eigenvalue weighted by molar-refractivity contribution is 6.01. The number of hydrogen-bond donors (Lipinski definition) is 2. The predicted molar refractivity (Wildman–Crippen MR) is 119 cm³/mol. The third-order valence-corrected chi connectivity index (χ3v) is 10.5. The number of carbonyl (C=O) groups excluding carboxylic acids is 1. The molecule has 3 heteroatoms. The van der Waals surface area contributed by atoms with Crippen LogP contribution in [0.1, 0.15) is 79.1 Å². The number of hydrogen-bond acceptors (Lipinski definition) is 3. The van der Waals surface area contributed by atoms with Crippen LogP contribution in [0.25, 0.3) is 0 Å². The van der Waals surface area contributed by atoms with Crippen LogP contribution in [0.15, 0.2) is 22.8 Å². The van der Waals surface area contributed by atoms with Crippen molar-refractivity contribution in [2.75, 3.05) is 6.61 Å². The van der Waals surface area contributed by atoms with Gasteiger partial charge in [-0.25, -0.2) is 0 Å². The fraction of sp³-hybridized carbons (Fsp3) is 0.815. The molecule has 3 saturated carbocycles. The van der Waals surface area contributed by atoms with E-state index in [9.17, 15) is 15.0 Å². The Hall–Kier alpha value is -0.930. The van der Waals surface area contributed by atoms with Crippen LogP contribution < -0.4 is 0 Å². The van der Waals surface area contributed by atoms with E-state index in [-0.39, 0.29) is 35.4 Å². The lowest BCUT2D eigenvalue weighted by molar-refractivity contribution is -0.121. The van der Waals surface area contributed by atoms with Gasteiger partial charge in [0, 0.05) is 12.5 Å². The molecule has 0 aromatic rings. The lowest BCUT2D eigenvalue weighted by Gasteiger charge is -2.58. The van der Waals surface area contributed by atoms with Crippen LogP contribution in [0.2, 0.25) is 0 Å². The number of Topliss-reactive ketones (excluding diaryl/α,β-unsaturated/α-hetero) is 1. The minimum atomic E-state index is -0.145. The summed E-state index contributed by atoms with van der Waals surface area (Å²) in [7, 11) is 0. The number of aliphatic hydroxyl groups is 2. The Kier molecular flexibility index (Phi) is 4.91. The standard InChI is InChI=1S/C27H40O3/c1-15(14-28)11-21-20-13-23-19-6-5-17-12-18(29)7-9-26(17,3)22(19)8-10-27(23,4)24(20)16(2)25(21)30/h5,15-16,18-19,22-24,28-29H,6-14H2,1-4H3/t15-,16-,18+,19+,22-,23-,24-,26+,27+/m1/s1. The van der Waals surface area contributed by atoms with Gasteiger partial charge in [0.2, 0.25) is 0 Å². The number of ketones is 1. The topological polar surface area (TPSA) is 57.5 Å². The number of rotatable bonds is 3. The van der Waals surface area contributed by atoms with Crippen molar-refractivity contribution in [3.8, 4) is 0 Å². The van der Waals surface area contributed by atoms with E-state index in [1.54, 1.807) is 0 Å². The molecule has 30 heavy (non-hydrogen) atoms. The molecule has 0 spiro atoms. The number of carbonyl (C=O) groups is 1. The highest BCUT2D eigenvalue weighted by Gasteiger charge is 2.63. The molecular formula is C27H40O3. The first-order valence-corrected chi connectivity index (χ1v) is 12.4. The molecule has 3 fully saturated rings. The zero-order valence-electron chi connectivity index (χ0n) is 19.3. The normalized spacial score (nSPS) is 48.6. The van der Waals surface area contributed by atoms with Crippen LogP contribution in [-0.2, 0) is 4.79 Å². The summed E-state index contributed by atoms with van der Waals surface area (Å²) in [5.74, 6) is 3.19. The highest BCUT2D eigenvalue weighted by atomic mass is 16.3. The third-order valence-electron chi connectivity index (χ3n) is 10.5. The molecule has 9 atom stereocenters. The van der Waals surface area contributed by atoms with Crippen LogP contribution in [0, 0.1) is 46.3 Å². The Morgan fingerprint density at radius 2 is 1.93 bits per heavy atom. The smallest absolute Gasteiger partial charge is 0.162 e. The van der Waals surface area contributed by atoms with Crippen molar-refractivity contribution in [3.63, 3.8) is 0 Å². The Bertz CT molecular complexity index is 809. The largest absolute Gasteiger partial charge is 0.396 e. The molecule has 3 nitrogen and oxygen atoms in total. The first-order valence-electron chi connectivity index (χ1n) is 12.4. The van der Waals surface area contributed by atoms with Crippen molar-refractivity contribution in [1.82, 2.24) is 0 Å². The van der Waals surface area contributed by atoms with E-state index in [2.05, 4.69) is 33.8 Å². The Balaban J connectivity index is 1.51. The van der Waals surface area contributed by atoms with Crippen LogP contribution in [0.3, 0.4) is 0 Å². The van der Waals surface area contributed by atoms with Gasteiger partial charge >= 0.3 is 0 Å². The molecular weight excluding hydrogens is 372 g/mol. The molecule has 0 bridgehead atoms. The predicted octanol–water partition coefficient (Wildman–Crippen LogP) is 5.07. The van der Waals surface area contributed by atoms with Crippen molar-refractivity contribution < 1.29 is 15.0 Å². The van der Waals surface area contributed by atoms with Crippen molar-refractivity contribution in [3.05, 3.63) is 22.8 Å². The van der Waals surface area contributed by atoms with Crippen molar-refractivity contribution in [2.45, 2.75) is 85.2 Å². The Morgan fingerprint density at radius 3 is 2.67 bits per heavy atom. The molecule has 0 aromatic heterocycles. The van der Waals surface area contributed by atoms with Gasteiger partial charge in [-0.1, -0.05) is 44.9 Å². The molecule has 166 valence electrons. The van der Waals surface area contributed by atoms with E-state index in [1.807, 2.05) is 0 Å². The fourth-order valence-electron chi connectivity index (χ4n) is 8.93. The van der Waals surface area contributed by atoms with Gasteiger partial charge < -0.3 is 10.2 Å². The summed E-state index contributed by atoms with van der Waals surface area (Å²) in [4.78, 5) is 13.2. The molecule has 5 aliphatic carbocycles. The first-order chi connectivity index (χ1) is 14.2. The van der Waals surface area contributed by atoms with Gasteiger partial charge in [0.05, 0.1) is 6.10 Å². The summed E-state index contributed by atoms with van der Waals surface area (Å²) in [6.07, 6.45) is 10.8. The fourth-order valence-corrected chi connectivity index (χ4v) is 8.93. The van der Waals surface area contributed by atoms with Crippen LogP contribution in [0.4, 0.5) is 0 Å². The Morgan fingerprint density at radius 1 is 1.17 bits per heavy atom. The summed E-state index contributed by atoms with van der Waals surface area (Å²) in [6, 6.07) is 0. The van der Waals surface area contributed by atoms with Gasteiger partial charge in [0.25, 0.3) is 0 Å². The molecule has 0 heterocycles. The van der Waals surface area contributed by atoms with Gasteiger partial charge in [0.15, 0.2) is 5.78 Å². The second-order valence-electron chi connectivity index (χ2n) is 12.0. The first kappa shape index (κ1) is 20.9. The summed E-state index contributed by atoms with van der Waals surface area (Å²) in [6.45, 7) is 9.38. The second-order valence-corrected chi connectivity index (χ2v) is 12.0. The molecule has 0 aliphatic heterocycles. The molecule has 0 aromatic carbocycles. The van der Waals surface area contributed by atoms with E-state index < -0.39 is 0 Å². The van der Waals surface area contributed by atoms with Crippen molar-refractivity contribution in [1.29, 1.82) is 0 Å². The van der Waals surface area contributed by atoms with E-state index in [1.165, 1.54) is 24.0 Å². The van der Waals surface area contributed by atoms with Crippen molar-refractivity contribution in [2.24, 2.45) is 46.3 Å². The lowest BCUT2D eigenvalue weighted by atomic mass is 9.47. The molecule has 0 saturated heterocycles. The molecule has 0 radical (unpaired) electrons. The Labute approximate surface area is 182 Å². The number of allylic oxidation sites excluding steroid dienone is 3. The second kappa shape index (κ2) is 7.04. The maximum atomic E-state index is 13.2. The quantitative estimate of drug-likeness (QED) is 0.636. The van der Waals surface area contributed by atoms with Crippen LogP contribution in [-0.4, -0.2) is 28.7 Å². The number of aliphatic hydroxyl groups excluding tert-OH is 2. The average Bonchev–Trinajstić information content (AvgIpc) is 3.15. The van der Waals surface area contributed by atoms with E-state index in [4.69, 9.17) is 0 Å². The summed E-state index contributed by atoms with van der Waals surface area (Å²) < 4.78 is 0. The zero-order chi connectivity index (χ0) is 21.4. The summed E-state index contributed by atoms with van der Waals surface area (Å²) >= 11 is 0. The van der Waals surface area contributed by atoms with E-state index >= 15 is 0 Å². The van der Waals surface area contributed by atoms with Gasteiger partial charge in [-0.2, -0.15) is 0 Å². The minimum Gasteiger partial charge on any atom is -0.396 e. The molecule has 0 amide bonds. The third kappa shape index (κ3) is 2.73. The molecule has 5 aliphatic rings. The van der Waals surface area contributed by atoms with E-state index in [0.29, 0.717) is 23.5 Å². The molecule has 0 unspecified atom stereocenters. The van der Waals surface area contributed by atoms with Gasteiger partial charge in [0.1, 0.15) is 0 Å². The van der Waals surface area contributed by atoms with E-state index in [0.717, 1.165) is 50.0 Å². The summed E-state index contributed by atoms with van der Waals surface area (Å²) in [5.41, 5.74) is 4.60. The minimum absolute atomic E-state index is 0.113. The average molecular weight is 413 g/mol. The monoisotopic (exact) mass is 412 g/mol. The SMILES string of the molecule is C[C@@H](CO)CC1=C2C[C@@H]3[C@H]4CC=C5C[C@@H](O)CC[C@]5(C)[C@@H]4CC[C@]3(C)[C@@H]2[C@@H](C)C1=O. The van der Waals surface area contributed by atoms with Crippen molar-refractivity contribution >= 4 is 5.78 Å². The maximum Gasteiger partial charge on any atom is 0.162 e. The molecule has 2 N–H and O–H groups in total. The van der Waals surface area contributed by atoms with Gasteiger partial charge in [-0.05, 0) is 97.4 Å². The van der Waals surface area contributed by atoms with Gasteiger partial charge in [-0.3, -0.25) is 4.79 Å². The molecule has 5 rings (SSSR count). The van der Waals surface area contributed by atoms with Gasteiger partial charge in [-0.15, -0.1) is 0 Å². The van der Waals surface area contributed by atoms with Crippen LogP contribution >= 0.6 is 0 Å². The van der Waals surface area contributed by atoms with Crippen LogP contribution in [0.5, 0.6) is 0 Å². The zero-order valence-corrected chi connectivity index (χ0v) is 19.3. The maximum absolute atomic E-state index is 13.2. The highest BCUT2D eigenvalue weighted by Crippen LogP contribution is 2.70. The lowest BCUT2D eigenvalue weighted by Crippen LogP contribution is -2.51.